The van der Waals surface area contributed by atoms with E-state index in [1.807, 2.05) is 0 Å². The highest BCUT2D eigenvalue weighted by Crippen LogP contribution is 2.18. The fraction of sp³-hybridized carbons (Fsp3) is 0.438. The largest absolute Gasteiger partial charge is 0.253 e. The number of fused-ring (bicyclic) bond motifs is 1. The van der Waals surface area contributed by atoms with Gasteiger partial charge in [0.05, 0.1) is 5.52 Å². The van der Waals surface area contributed by atoms with E-state index in [1.165, 1.54) is 17.5 Å². The number of para-hydroxylation sites is 1. The smallest absolute Gasteiger partial charge is 0.0705 e. The number of benzene rings is 1. The van der Waals surface area contributed by atoms with Crippen molar-refractivity contribution in [1.82, 2.24) is 4.98 Å². The highest BCUT2D eigenvalue weighted by atomic mass is 14.7. The van der Waals surface area contributed by atoms with Gasteiger partial charge in [0.1, 0.15) is 0 Å². The van der Waals surface area contributed by atoms with Crippen LogP contribution < -0.4 is 0 Å². The van der Waals surface area contributed by atoms with Gasteiger partial charge in [-0.25, -0.2) is 0 Å². The fourth-order valence-electron chi connectivity index (χ4n) is 2.47. The summed E-state index contributed by atoms with van der Waals surface area (Å²) in [5.41, 5.74) is 2.33. The summed E-state index contributed by atoms with van der Waals surface area (Å²) >= 11 is 0. The number of aromatic nitrogens is 1. The van der Waals surface area contributed by atoms with Gasteiger partial charge in [0.25, 0.3) is 0 Å². The van der Waals surface area contributed by atoms with Crippen molar-refractivity contribution in [2.75, 3.05) is 0 Å². The van der Waals surface area contributed by atoms with E-state index in [-0.39, 0.29) is 0 Å². The molecule has 0 fully saturated rings. The minimum atomic E-state index is 0.712. The van der Waals surface area contributed by atoms with Crippen molar-refractivity contribution in [3.8, 4) is 0 Å². The van der Waals surface area contributed by atoms with Crippen LogP contribution in [0.15, 0.2) is 36.4 Å². The highest BCUT2D eigenvalue weighted by molar-refractivity contribution is 5.78. The molecular formula is C16H21N. The SMILES string of the molecule is CC(C)C[C@H](C)Cc1ccc2ccccc2n1. The van der Waals surface area contributed by atoms with Crippen LogP contribution in [0, 0.1) is 11.8 Å². The Labute approximate surface area is 104 Å². The first kappa shape index (κ1) is 12.1. The highest BCUT2D eigenvalue weighted by Gasteiger charge is 2.07. The molecule has 1 heterocycles. The van der Waals surface area contributed by atoms with E-state index in [9.17, 15) is 0 Å². The molecule has 0 aliphatic heterocycles. The molecule has 1 aromatic heterocycles. The number of hydrogen-bond acceptors (Lipinski definition) is 1. The van der Waals surface area contributed by atoms with Gasteiger partial charge >= 0.3 is 0 Å². The van der Waals surface area contributed by atoms with Crippen LogP contribution in [0.25, 0.3) is 10.9 Å². The summed E-state index contributed by atoms with van der Waals surface area (Å²) in [4.78, 5) is 4.72. The topological polar surface area (TPSA) is 12.9 Å². The third-order valence-corrected chi connectivity index (χ3v) is 3.09. The Morgan fingerprint density at radius 3 is 2.53 bits per heavy atom. The quantitative estimate of drug-likeness (QED) is 0.751. The normalized spacial score (nSPS) is 13.2. The summed E-state index contributed by atoms with van der Waals surface area (Å²) in [6.07, 6.45) is 2.36. The molecule has 2 rings (SSSR count). The minimum absolute atomic E-state index is 0.712. The molecule has 0 N–H and O–H groups in total. The molecule has 1 aromatic carbocycles. The van der Waals surface area contributed by atoms with Gasteiger partial charge in [-0.05, 0) is 36.8 Å². The van der Waals surface area contributed by atoms with Gasteiger partial charge in [-0.1, -0.05) is 45.0 Å². The van der Waals surface area contributed by atoms with Crippen LogP contribution in [-0.2, 0) is 6.42 Å². The second-order valence-electron chi connectivity index (χ2n) is 5.43. The van der Waals surface area contributed by atoms with Crippen LogP contribution >= 0.6 is 0 Å². The molecule has 90 valence electrons. The third-order valence-electron chi connectivity index (χ3n) is 3.09. The molecule has 0 radical (unpaired) electrons. The molecule has 2 aromatic rings. The number of nitrogens with zero attached hydrogens (tertiary/aromatic N) is 1. The van der Waals surface area contributed by atoms with Gasteiger partial charge in [-0.3, -0.25) is 4.98 Å². The minimum Gasteiger partial charge on any atom is -0.253 e. The molecular weight excluding hydrogens is 206 g/mol. The molecule has 0 aliphatic rings. The predicted octanol–water partition coefficient (Wildman–Crippen LogP) is 4.46. The maximum Gasteiger partial charge on any atom is 0.0705 e. The molecule has 1 nitrogen and oxygen atoms in total. The second kappa shape index (κ2) is 5.31. The number of hydrogen-bond donors (Lipinski definition) is 0. The van der Waals surface area contributed by atoms with Crippen LogP contribution in [-0.4, -0.2) is 4.98 Å². The van der Waals surface area contributed by atoms with Crippen molar-refractivity contribution >= 4 is 10.9 Å². The Morgan fingerprint density at radius 2 is 1.76 bits per heavy atom. The Bertz CT molecular complexity index is 488. The molecule has 0 aliphatic carbocycles. The lowest BCUT2D eigenvalue weighted by atomic mass is 9.94. The lowest BCUT2D eigenvalue weighted by molar-refractivity contribution is 0.434. The first-order valence-corrected chi connectivity index (χ1v) is 6.50. The molecule has 1 atom stereocenters. The van der Waals surface area contributed by atoms with Crippen molar-refractivity contribution in [1.29, 1.82) is 0 Å². The van der Waals surface area contributed by atoms with Crippen LogP contribution in [0.3, 0.4) is 0 Å². The van der Waals surface area contributed by atoms with E-state index in [0.29, 0.717) is 5.92 Å². The first-order chi connectivity index (χ1) is 8.15. The lowest BCUT2D eigenvalue weighted by Gasteiger charge is -2.13. The van der Waals surface area contributed by atoms with E-state index < -0.39 is 0 Å². The fourth-order valence-corrected chi connectivity index (χ4v) is 2.47. The van der Waals surface area contributed by atoms with Crippen LogP contribution in [0.4, 0.5) is 0 Å². The summed E-state index contributed by atoms with van der Waals surface area (Å²) in [7, 11) is 0. The van der Waals surface area contributed by atoms with Gasteiger partial charge in [0.15, 0.2) is 0 Å². The monoisotopic (exact) mass is 227 g/mol. The van der Waals surface area contributed by atoms with E-state index in [4.69, 9.17) is 4.98 Å². The van der Waals surface area contributed by atoms with Crippen molar-refractivity contribution in [2.45, 2.75) is 33.6 Å². The van der Waals surface area contributed by atoms with E-state index in [1.54, 1.807) is 0 Å². The van der Waals surface area contributed by atoms with E-state index in [0.717, 1.165) is 17.9 Å². The first-order valence-electron chi connectivity index (χ1n) is 6.50. The Balaban J connectivity index is 2.14. The van der Waals surface area contributed by atoms with Crippen LogP contribution in [0.5, 0.6) is 0 Å². The van der Waals surface area contributed by atoms with Crippen molar-refractivity contribution < 1.29 is 0 Å². The van der Waals surface area contributed by atoms with Crippen LogP contribution in [0.1, 0.15) is 32.9 Å². The molecule has 0 saturated heterocycles. The summed E-state index contributed by atoms with van der Waals surface area (Å²) in [6.45, 7) is 6.88. The third kappa shape index (κ3) is 3.29. The zero-order valence-electron chi connectivity index (χ0n) is 11.0. The Hall–Kier alpha value is -1.37. The maximum atomic E-state index is 4.72. The molecule has 1 heteroatoms. The standard InChI is InChI=1S/C16H21N/c1-12(2)10-13(3)11-15-9-8-14-6-4-5-7-16(14)17-15/h4-9,12-13H,10-11H2,1-3H3/t13-/m0/s1. The Kier molecular flexibility index (Phi) is 3.78. The van der Waals surface area contributed by atoms with E-state index in [2.05, 4.69) is 57.2 Å². The van der Waals surface area contributed by atoms with Crippen molar-refractivity contribution in [2.24, 2.45) is 11.8 Å². The lowest BCUT2D eigenvalue weighted by Crippen LogP contribution is -2.05. The van der Waals surface area contributed by atoms with Gasteiger partial charge in [-0.15, -0.1) is 0 Å². The molecule has 0 spiro atoms. The summed E-state index contributed by atoms with van der Waals surface area (Å²) in [6, 6.07) is 12.7. The van der Waals surface area contributed by atoms with Gasteiger partial charge in [-0.2, -0.15) is 0 Å². The summed E-state index contributed by atoms with van der Waals surface area (Å²) < 4.78 is 0. The zero-order chi connectivity index (χ0) is 12.3. The average molecular weight is 227 g/mol. The summed E-state index contributed by atoms with van der Waals surface area (Å²) in [5.74, 6) is 1.48. The van der Waals surface area contributed by atoms with Gasteiger partial charge in [0, 0.05) is 11.1 Å². The molecule has 0 bridgehead atoms. The summed E-state index contributed by atoms with van der Waals surface area (Å²) in [5, 5.41) is 1.23. The van der Waals surface area contributed by atoms with E-state index >= 15 is 0 Å². The number of rotatable bonds is 4. The van der Waals surface area contributed by atoms with Crippen LogP contribution in [0.2, 0.25) is 0 Å². The van der Waals surface area contributed by atoms with Crippen molar-refractivity contribution in [3.05, 3.63) is 42.1 Å². The predicted molar refractivity (Wildman–Crippen MR) is 74.1 cm³/mol. The molecule has 0 unspecified atom stereocenters. The average Bonchev–Trinajstić information content (AvgIpc) is 2.27. The maximum absolute atomic E-state index is 4.72. The number of pyridine rings is 1. The van der Waals surface area contributed by atoms with Gasteiger partial charge < -0.3 is 0 Å². The van der Waals surface area contributed by atoms with Gasteiger partial charge in [0.2, 0.25) is 0 Å². The molecule has 0 amide bonds. The molecule has 0 saturated carbocycles. The Morgan fingerprint density at radius 1 is 1.00 bits per heavy atom. The zero-order valence-corrected chi connectivity index (χ0v) is 11.0. The molecule has 17 heavy (non-hydrogen) atoms. The second-order valence-corrected chi connectivity index (χ2v) is 5.43. The van der Waals surface area contributed by atoms with Crippen molar-refractivity contribution in [3.63, 3.8) is 0 Å².